The number of aromatic nitrogens is 2. The minimum absolute atomic E-state index is 0.218. The van der Waals surface area contributed by atoms with Gasteiger partial charge in [0.25, 0.3) is 11.8 Å². The van der Waals surface area contributed by atoms with Crippen LogP contribution < -0.4 is 4.74 Å². The van der Waals surface area contributed by atoms with Crippen LogP contribution in [-0.4, -0.2) is 10.2 Å². The van der Waals surface area contributed by atoms with Crippen molar-refractivity contribution < 1.29 is 13.6 Å². The van der Waals surface area contributed by atoms with Crippen molar-refractivity contribution in [1.82, 2.24) is 10.2 Å². The van der Waals surface area contributed by atoms with Gasteiger partial charge in [0.15, 0.2) is 17.0 Å². The van der Waals surface area contributed by atoms with Crippen molar-refractivity contribution in [1.29, 1.82) is 0 Å². The molecule has 0 bridgehead atoms. The fourth-order valence-corrected chi connectivity index (χ4v) is 2.24. The van der Waals surface area contributed by atoms with Gasteiger partial charge in [0.05, 0.1) is 0 Å². The van der Waals surface area contributed by atoms with Crippen LogP contribution in [0.1, 0.15) is 31.2 Å². The van der Waals surface area contributed by atoms with E-state index in [4.69, 9.17) is 13.6 Å². The van der Waals surface area contributed by atoms with E-state index in [1.165, 1.54) is 5.56 Å². The summed E-state index contributed by atoms with van der Waals surface area (Å²) in [6, 6.07) is 11.5. The predicted molar refractivity (Wildman–Crippen MR) is 84.6 cm³/mol. The second kappa shape index (κ2) is 6.36. The van der Waals surface area contributed by atoms with Crippen LogP contribution in [0, 0.1) is 0 Å². The minimum Gasteiger partial charge on any atom is -0.484 e. The highest BCUT2D eigenvalue weighted by molar-refractivity contribution is 9.10. The Labute approximate surface area is 136 Å². The lowest BCUT2D eigenvalue weighted by Gasteiger charge is -2.07. The van der Waals surface area contributed by atoms with Crippen LogP contribution in [0.25, 0.3) is 11.7 Å². The second-order valence-corrected chi connectivity index (χ2v) is 5.90. The Balaban J connectivity index is 1.63. The minimum atomic E-state index is 0.218. The summed E-state index contributed by atoms with van der Waals surface area (Å²) in [6.07, 6.45) is 0. The molecule has 1 aromatic carbocycles. The summed E-state index contributed by atoms with van der Waals surface area (Å²) in [5, 5.41) is 7.88. The van der Waals surface area contributed by atoms with Crippen LogP contribution in [0.3, 0.4) is 0 Å². The largest absolute Gasteiger partial charge is 0.484 e. The summed E-state index contributed by atoms with van der Waals surface area (Å²) < 4.78 is 17.1. The Bertz CT molecular complexity index is 747. The Morgan fingerprint density at radius 1 is 1.05 bits per heavy atom. The molecule has 0 saturated carbocycles. The number of rotatable bonds is 5. The highest BCUT2D eigenvalue weighted by Crippen LogP contribution is 2.24. The standard InChI is InChI=1S/C16H15BrN2O3/c1-10(2)11-3-5-12(6-4-11)20-9-15-18-19-16(22-15)13-7-8-14(17)21-13/h3-8,10H,9H2,1-2H3. The molecule has 2 heterocycles. The lowest BCUT2D eigenvalue weighted by molar-refractivity contribution is 0.263. The van der Waals surface area contributed by atoms with Gasteiger partial charge in [-0.1, -0.05) is 26.0 Å². The zero-order valence-electron chi connectivity index (χ0n) is 12.2. The maximum absolute atomic E-state index is 5.65. The number of hydrogen-bond acceptors (Lipinski definition) is 5. The highest BCUT2D eigenvalue weighted by Gasteiger charge is 2.12. The lowest BCUT2D eigenvalue weighted by atomic mass is 10.0. The summed E-state index contributed by atoms with van der Waals surface area (Å²) in [5.41, 5.74) is 1.27. The summed E-state index contributed by atoms with van der Waals surface area (Å²) >= 11 is 3.23. The monoisotopic (exact) mass is 362 g/mol. The van der Waals surface area contributed by atoms with Crippen LogP contribution in [-0.2, 0) is 6.61 Å². The number of ether oxygens (including phenoxy) is 1. The van der Waals surface area contributed by atoms with Crippen molar-refractivity contribution in [3.8, 4) is 17.4 Å². The molecule has 0 N–H and O–H groups in total. The van der Waals surface area contributed by atoms with E-state index in [1.807, 2.05) is 12.1 Å². The van der Waals surface area contributed by atoms with Gasteiger partial charge in [0.1, 0.15) is 5.75 Å². The zero-order valence-corrected chi connectivity index (χ0v) is 13.8. The molecular weight excluding hydrogens is 348 g/mol. The number of nitrogens with zero attached hydrogens (tertiary/aromatic N) is 2. The second-order valence-electron chi connectivity index (χ2n) is 5.12. The normalized spacial score (nSPS) is 11.1. The molecule has 3 aromatic rings. The SMILES string of the molecule is CC(C)c1ccc(OCc2nnc(-c3ccc(Br)o3)o2)cc1. The first-order valence-corrected chi connectivity index (χ1v) is 7.72. The van der Waals surface area contributed by atoms with Crippen molar-refractivity contribution in [2.45, 2.75) is 26.4 Å². The molecule has 0 radical (unpaired) electrons. The topological polar surface area (TPSA) is 61.3 Å². The Morgan fingerprint density at radius 2 is 1.82 bits per heavy atom. The Morgan fingerprint density at radius 3 is 2.45 bits per heavy atom. The number of benzene rings is 1. The number of furan rings is 1. The van der Waals surface area contributed by atoms with Crippen molar-refractivity contribution in [3.05, 3.63) is 52.5 Å². The zero-order chi connectivity index (χ0) is 15.5. The van der Waals surface area contributed by atoms with E-state index >= 15 is 0 Å². The van der Waals surface area contributed by atoms with E-state index in [2.05, 4.69) is 52.1 Å². The van der Waals surface area contributed by atoms with E-state index in [1.54, 1.807) is 12.1 Å². The van der Waals surface area contributed by atoms with Crippen LogP contribution in [0.2, 0.25) is 0 Å². The Kier molecular flexibility index (Phi) is 4.29. The molecule has 0 unspecified atom stereocenters. The molecular formula is C16H15BrN2O3. The third-order valence-electron chi connectivity index (χ3n) is 3.16. The average molecular weight is 363 g/mol. The molecule has 0 aliphatic rings. The molecule has 114 valence electrons. The van der Waals surface area contributed by atoms with Gasteiger partial charge in [-0.05, 0) is 51.7 Å². The molecule has 5 nitrogen and oxygen atoms in total. The quantitative estimate of drug-likeness (QED) is 0.652. The van der Waals surface area contributed by atoms with E-state index in [9.17, 15) is 0 Å². The molecule has 22 heavy (non-hydrogen) atoms. The van der Waals surface area contributed by atoms with Gasteiger partial charge >= 0.3 is 0 Å². The van der Waals surface area contributed by atoms with Crippen LogP contribution in [0.15, 0.2) is 49.9 Å². The molecule has 0 fully saturated rings. The maximum atomic E-state index is 5.65. The highest BCUT2D eigenvalue weighted by atomic mass is 79.9. The van der Waals surface area contributed by atoms with Gasteiger partial charge in [-0.2, -0.15) is 0 Å². The van der Waals surface area contributed by atoms with E-state index in [0.29, 0.717) is 28.1 Å². The molecule has 3 rings (SSSR count). The number of halogens is 1. The van der Waals surface area contributed by atoms with Gasteiger partial charge in [-0.3, -0.25) is 0 Å². The summed E-state index contributed by atoms with van der Waals surface area (Å²) in [5.74, 6) is 2.52. The smallest absolute Gasteiger partial charge is 0.283 e. The van der Waals surface area contributed by atoms with Crippen molar-refractivity contribution >= 4 is 15.9 Å². The van der Waals surface area contributed by atoms with Crippen molar-refractivity contribution in [2.24, 2.45) is 0 Å². The third-order valence-corrected chi connectivity index (χ3v) is 3.59. The molecule has 0 atom stereocenters. The average Bonchev–Trinajstić information content (AvgIpc) is 3.14. The fraction of sp³-hybridized carbons (Fsp3) is 0.250. The van der Waals surface area contributed by atoms with Gasteiger partial charge in [0.2, 0.25) is 0 Å². The van der Waals surface area contributed by atoms with Crippen molar-refractivity contribution in [2.75, 3.05) is 0 Å². The first kappa shape index (κ1) is 14.8. The lowest BCUT2D eigenvalue weighted by Crippen LogP contribution is -1.96. The maximum Gasteiger partial charge on any atom is 0.283 e. The molecule has 0 aliphatic carbocycles. The van der Waals surface area contributed by atoms with Crippen LogP contribution in [0.5, 0.6) is 5.75 Å². The molecule has 2 aromatic heterocycles. The predicted octanol–water partition coefficient (Wildman–Crippen LogP) is 4.79. The summed E-state index contributed by atoms with van der Waals surface area (Å²) in [6.45, 7) is 4.53. The van der Waals surface area contributed by atoms with Crippen LogP contribution >= 0.6 is 15.9 Å². The fourth-order valence-electron chi connectivity index (χ4n) is 1.93. The van der Waals surface area contributed by atoms with E-state index < -0.39 is 0 Å². The summed E-state index contributed by atoms with van der Waals surface area (Å²) in [4.78, 5) is 0. The van der Waals surface area contributed by atoms with Gasteiger partial charge < -0.3 is 13.6 Å². The molecule has 0 spiro atoms. The van der Waals surface area contributed by atoms with E-state index in [0.717, 1.165) is 5.75 Å². The summed E-state index contributed by atoms with van der Waals surface area (Å²) in [7, 11) is 0. The van der Waals surface area contributed by atoms with Crippen LogP contribution in [0.4, 0.5) is 0 Å². The van der Waals surface area contributed by atoms with Crippen molar-refractivity contribution in [3.63, 3.8) is 0 Å². The van der Waals surface area contributed by atoms with Gasteiger partial charge in [-0.15, -0.1) is 10.2 Å². The third kappa shape index (κ3) is 3.39. The van der Waals surface area contributed by atoms with Gasteiger partial charge in [0, 0.05) is 0 Å². The number of hydrogen-bond donors (Lipinski definition) is 0. The first-order valence-electron chi connectivity index (χ1n) is 6.92. The molecule has 0 aliphatic heterocycles. The molecule has 0 amide bonds. The first-order chi connectivity index (χ1) is 10.6. The molecule has 6 heteroatoms. The molecule has 0 saturated heterocycles. The van der Waals surface area contributed by atoms with E-state index in [-0.39, 0.29) is 6.61 Å². The Hall–Kier alpha value is -2.08. The van der Waals surface area contributed by atoms with Gasteiger partial charge in [-0.25, -0.2) is 0 Å².